The van der Waals surface area contributed by atoms with E-state index >= 15 is 0 Å². The van der Waals surface area contributed by atoms with E-state index in [0.29, 0.717) is 195 Å². The average Bonchev–Trinajstić information content (AvgIpc) is 1.54. The van der Waals surface area contributed by atoms with Gasteiger partial charge in [-0.1, -0.05) is 69.4 Å². The molecule has 3 fully saturated rings. The first-order valence-corrected chi connectivity index (χ1v) is 43.8. The molecule has 2 saturated heterocycles. The maximum absolute atomic E-state index is 14.9. The normalized spacial score (nSPS) is 27.3. The third-order valence-corrected chi connectivity index (χ3v) is 23.7. The molecule has 1 aromatic carbocycles. The van der Waals surface area contributed by atoms with Crippen LogP contribution in [0.1, 0.15) is 169 Å². The maximum Gasteiger partial charge on any atom is 0.329 e. The number of nitrogens with zero attached hydrogens (tertiary/aromatic N) is 9. The number of allylic oxidation sites excluding steroid dienone is 5. The van der Waals surface area contributed by atoms with E-state index in [1.165, 1.54) is 18.3 Å². The Kier molecular flexibility index (Phi) is 40.2. The van der Waals surface area contributed by atoms with Gasteiger partial charge in [0.15, 0.2) is 17.0 Å². The highest BCUT2D eigenvalue weighted by atomic mass is 16.6. The molecule has 1 aliphatic carbocycles. The molecular weight excluding hydrogens is 1600 g/mol. The average molecular weight is 1740 g/mol. The number of Topliss-reactive ketones (excluding diaryl/α,β-unsaturated/α-hetero) is 2. The smallest absolute Gasteiger partial charge is 0.329 e. The van der Waals surface area contributed by atoms with Crippen molar-refractivity contribution in [2.75, 3.05) is 125 Å². The SMILES string of the molecule is CO[C@H]1C[C@@H]2CC[C@@H](C)[C@@](O)(O2)C(=O)C(=O)N2CCCC[C@H]2C(=O)O[C@H]([C@H](N)C[C@@H]2CC[C@H](n3cc(CCCC(=O)NCCOCCOCCOCCC(=O)NCCOCCOCCC(=O)NCCCCn4nc(-c5ccc6oc(N)nc6c5)c5c(N)ncnc54)nn3)[C@H](OC)C2)C[C@@H](OC)[C@H](C)/C=C(\C)[C@@H](O)[C@@H](O)C(=O)[C@H](C)C[C@H](C)/C=C/C=C/C=C/1C. The number of aryl methyl sites for hydroxylation is 2. The molecule has 2 bridgehead atoms. The number of aromatic nitrogens is 8. The number of esters is 1. The Hall–Kier alpha value is -8.89. The van der Waals surface area contributed by atoms with Crippen molar-refractivity contribution in [2.24, 2.45) is 35.3 Å². The number of ether oxygens (including phenoxy) is 10. The summed E-state index contributed by atoms with van der Waals surface area (Å²) in [6.07, 6.45) is 16.4. The van der Waals surface area contributed by atoms with Crippen LogP contribution in [-0.2, 0) is 93.9 Å². The van der Waals surface area contributed by atoms with Crippen LogP contribution in [0.2, 0.25) is 0 Å². The zero-order valence-electron chi connectivity index (χ0n) is 73.5. The van der Waals surface area contributed by atoms with Crippen molar-refractivity contribution >= 4 is 75.1 Å². The van der Waals surface area contributed by atoms with Gasteiger partial charge in [-0.25, -0.2) is 24.1 Å². The lowest BCUT2D eigenvalue weighted by molar-refractivity contribution is -0.265. The molecule has 3 aliphatic heterocycles. The predicted molar refractivity (Wildman–Crippen MR) is 460 cm³/mol. The van der Waals surface area contributed by atoms with Crippen LogP contribution in [0.3, 0.4) is 0 Å². The number of nitrogens with two attached hydrogens (primary N) is 3. The third kappa shape index (κ3) is 29.3. The van der Waals surface area contributed by atoms with Crippen LogP contribution in [0.5, 0.6) is 0 Å². The monoisotopic (exact) mass is 1740 g/mol. The van der Waals surface area contributed by atoms with Crippen LogP contribution < -0.4 is 33.2 Å². The molecule has 124 heavy (non-hydrogen) atoms. The van der Waals surface area contributed by atoms with E-state index in [4.69, 9.17) is 74.1 Å². The van der Waals surface area contributed by atoms with Crippen molar-refractivity contribution in [2.45, 2.75) is 237 Å². The fourth-order valence-corrected chi connectivity index (χ4v) is 16.5. The molecule has 36 nitrogen and oxygen atoms in total. The summed E-state index contributed by atoms with van der Waals surface area (Å²) in [4.78, 5) is 109. The molecule has 9 rings (SSSR count). The number of nitrogen functional groups attached to an aromatic ring is 2. The summed E-state index contributed by atoms with van der Waals surface area (Å²) in [6.45, 7) is 15.4. The number of ketones is 2. The van der Waals surface area contributed by atoms with Crippen LogP contribution in [0, 0.1) is 29.6 Å². The molecule has 0 radical (unpaired) electrons. The predicted octanol–water partition coefficient (Wildman–Crippen LogP) is 6.26. The van der Waals surface area contributed by atoms with Gasteiger partial charge in [-0.15, -0.1) is 5.10 Å². The number of piperidine rings is 1. The van der Waals surface area contributed by atoms with E-state index in [0.717, 1.165) is 23.3 Å². The number of rotatable bonds is 38. The number of amides is 4. The summed E-state index contributed by atoms with van der Waals surface area (Å²) < 4.78 is 67.8. The van der Waals surface area contributed by atoms with Crippen molar-refractivity contribution in [3.63, 3.8) is 0 Å². The molecule has 1 saturated carbocycles. The van der Waals surface area contributed by atoms with Crippen LogP contribution in [0.4, 0.5) is 11.8 Å². The number of hydrogen-bond donors (Lipinski definition) is 9. The Bertz CT molecular complexity index is 4360. The maximum atomic E-state index is 14.9. The minimum Gasteiger partial charge on any atom is -0.459 e. The van der Waals surface area contributed by atoms with E-state index in [1.54, 1.807) is 51.8 Å². The Labute approximate surface area is 725 Å². The number of aliphatic hydroxyl groups excluding tert-OH is 2. The number of anilines is 2. The van der Waals surface area contributed by atoms with Gasteiger partial charge < -0.3 is 105 Å². The number of unbranched alkanes of at least 4 members (excludes halogenated alkanes) is 1. The number of carbonyl (C=O) groups is 7. The molecular formula is C88H133N15O21. The number of fused-ring (bicyclic) bond motifs is 5. The summed E-state index contributed by atoms with van der Waals surface area (Å²) >= 11 is 0. The Balaban J connectivity index is 0.627. The van der Waals surface area contributed by atoms with Crippen molar-refractivity contribution < 1.29 is 101 Å². The van der Waals surface area contributed by atoms with Gasteiger partial charge in [0.1, 0.15) is 47.7 Å². The zero-order valence-corrected chi connectivity index (χ0v) is 73.5. The zero-order chi connectivity index (χ0) is 89.2. The van der Waals surface area contributed by atoms with E-state index < -0.39 is 95.7 Å². The first kappa shape index (κ1) is 98.9. The molecule has 12 N–H and O–H groups in total. The highest BCUT2D eigenvalue weighted by Crippen LogP contribution is 2.40. The lowest BCUT2D eigenvalue weighted by atomic mass is 9.79. The van der Waals surface area contributed by atoms with Crippen LogP contribution >= 0.6 is 0 Å². The lowest BCUT2D eigenvalue weighted by Gasteiger charge is -2.43. The van der Waals surface area contributed by atoms with E-state index in [2.05, 4.69) is 41.2 Å². The third-order valence-electron chi connectivity index (χ3n) is 23.7. The van der Waals surface area contributed by atoms with Gasteiger partial charge >= 0.3 is 5.97 Å². The second-order valence-electron chi connectivity index (χ2n) is 33.1. The number of cyclic esters (lactones) is 1. The van der Waals surface area contributed by atoms with Crippen LogP contribution in [0.15, 0.2) is 82.7 Å². The second kappa shape index (κ2) is 50.5. The molecule has 5 aromatic rings. The fraction of sp³-hybridized carbons (Fsp3) is 0.670. The van der Waals surface area contributed by atoms with Crippen LogP contribution in [-0.4, -0.2) is 275 Å². The van der Waals surface area contributed by atoms with Gasteiger partial charge in [0.05, 0.1) is 108 Å². The van der Waals surface area contributed by atoms with Crippen molar-refractivity contribution in [1.82, 2.24) is 60.6 Å². The van der Waals surface area contributed by atoms with Gasteiger partial charge in [0, 0.05) is 122 Å². The Morgan fingerprint density at radius 2 is 1.39 bits per heavy atom. The molecule has 7 heterocycles. The summed E-state index contributed by atoms with van der Waals surface area (Å²) in [5.41, 5.74) is 24.3. The highest BCUT2D eigenvalue weighted by molar-refractivity contribution is 6.39. The molecule has 4 amide bonds. The summed E-state index contributed by atoms with van der Waals surface area (Å²) in [7, 11) is 4.72. The van der Waals surface area contributed by atoms with E-state index in [9.17, 15) is 48.9 Å². The van der Waals surface area contributed by atoms with Gasteiger partial charge in [-0.2, -0.15) is 10.1 Å². The number of benzene rings is 1. The summed E-state index contributed by atoms with van der Waals surface area (Å²) in [5, 5.41) is 58.0. The minimum atomic E-state index is -2.48. The second-order valence-corrected chi connectivity index (χ2v) is 33.1. The van der Waals surface area contributed by atoms with Gasteiger partial charge in [-0.05, 0) is 145 Å². The molecule has 16 atom stereocenters. The number of nitrogens with one attached hydrogen (secondary N) is 3. The number of hydrogen-bond acceptors (Lipinski definition) is 30. The topological polar surface area (TPSA) is 490 Å². The number of carbonyl (C=O) groups excluding carboxylic acids is 7. The van der Waals surface area contributed by atoms with Gasteiger partial charge in [0.2, 0.25) is 23.5 Å². The van der Waals surface area contributed by atoms with Crippen molar-refractivity contribution in [3.8, 4) is 11.3 Å². The first-order chi connectivity index (χ1) is 59.7. The molecule has 4 aromatic heterocycles. The Morgan fingerprint density at radius 3 is 2.08 bits per heavy atom. The van der Waals surface area contributed by atoms with Gasteiger partial charge in [0.25, 0.3) is 17.7 Å². The fourth-order valence-electron chi connectivity index (χ4n) is 16.5. The molecule has 0 spiro atoms. The summed E-state index contributed by atoms with van der Waals surface area (Å²) in [6, 6.07) is 3.39. The minimum absolute atomic E-state index is 0.0150. The highest BCUT2D eigenvalue weighted by Gasteiger charge is 2.53. The quantitative estimate of drug-likeness (QED) is 0.00910. The standard InChI is InChI=1S/C88H133N15O21/c1-55-18-11-10-12-19-56(2)70(114-7)51-64-26-23-60(6)88(113,124-64)82(110)85(111)101-34-15-13-21-68(101)86(112)122-72(52-71(115-8)57(3)47-59(5)80(108)81(109)79(107)58(4)46-55)65(89)48-61-24-27-67(73(49-61)116-9)103-53-63(98-100-103)20-17-22-74(104)93-32-38-120-43-45-121-44-41-118-37-30-76(106)94-33-39-119-42-40-117-36-29-75(105)92-31-14-16-35-102-84-77(83(90)95-54-96-84)78(99-102)62-25-28-69-66(50-62)97-87(91)123-69/h10-12,18-19,25,28,47,50,53-55,57-58,60-61,64-65,67-68,70-73,80-81,108-109,113H,13-17,20-24,26-27,29-46,48-49,51-52,89H2,1-9H3,(H2,91,97)(H,92,105)(H,93,104)(H,94,106)(H2,90,95,96)/b12-10+,18-11+,56-19+,59-47+/t55-,57-,58-,60-,61+,64+,65-,67+,68+,70+,71-,72+,73-,80-,81+,88-/m1/s1. The molecule has 36 heteroatoms. The Morgan fingerprint density at radius 1 is 0.710 bits per heavy atom. The summed E-state index contributed by atoms with van der Waals surface area (Å²) in [5.74, 6) is -7.95. The molecule has 4 aliphatic rings. The van der Waals surface area contributed by atoms with E-state index in [1.807, 2.05) is 74.2 Å². The first-order valence-electron chi connectivity index (χ1n) is 43.8. The molecule has 686 valence electrons. The van der Waals surface area contributed by atoms with Crippen LogP contribution in [0.25, 0.3) is 33.4 Å². The lowest BCUT2D eigenvalue weighted by Crippen LogP contribution is -2.61. The van der Waals surface area contributed by atoms with E-state index in [-0.39, 0.29) is 106 Å². The number of oxazole rings is 1. The number of methoxy groups -OCH3 is 3. The molecule has 0 unspecified atom stereocenters. The van der Waals surface area contributed by atoms with Crippen molar-refractivity contribution in [1.29, 1.82) is 0 Å². The van der Waals surface area contributed by atoms with Crippen molar-refractivity contribution in [3.05, 3.63) is 84.0 Å². The largest absolute Gasteiger partial charge is 0.459 e. The number of aliphatic hydroxyl groups is 3. The van der Waals surface area contributed by atoms with Gasteiger partial charge in [-0.3, -0.25) is 28.8 Å².